The first-order valence-electron chi connectivity index (χ1n) is 14.5. The topological polar surface area (TPSA) is 149 Å². The molecular formula is C31H42N6O6S. The highest BCUT2D eigenvalue weighted by molar-refractivity contribution is 7.92. The molecule has 3 aromatic rings. The lowest BCUT2D eigenvalue weighted by molar-refractivity contribution is -0.118. The number of nitrogens with two attached hydrogens (primary N) is 1. The SMILES string of the molecule is COc1ccccc1Oc1c(NS(=O)(=O)c2ccc(C(C)(C)C)cc2)nc(N2CCN(C(C)C)CC2)nc1OCCC(N)=O. The molecule has 0 aliphatic carbocycles. The maximum absolute atomic E-state index is 13.7. The zero-order valence-corrected chi connectivity index (χ0v) is 27.0. The number of sulfonamides is 1. The van der Waals surface area contributed by atoms with Gasteiger partial charge in [-0.15, -0.1) is 0 Å². The van der Waals surface area contributed by atoms with Gasteiger partial charge in [-0.25, -0.2) is 8.42 Å². The Bertz CT molecular complexity index is 1550. The van der Waals surface area contributed by atoms with Gasteiger partial charge in [-0.1, -0.05) is 45.0 Å². The first-order chi connectivity index (χ1) is 20.8. The highest BCUT2D eigenvalue weighted by atomic mass is 32.2. The molecule has 1 amide bonds. The highest BCUT2D eigenvalue weighted by Crippen LogP contribution is 2.42. The number of piperazine rings is 1. The number of primary amides is 1. The van der Waals surface area contributed by atoms with Crippen LogP contribution in [0, 0.1) is 0 Å². The van der Waals surface area contributed by atoms with Crippen molar-refractivity contribution in [2.45, 2.75) is 57.4 Å². The molecule has 1 fully saturated rings. The van der Waals surface area contributed by atoms with E-state index in [-0.39, 0.29) is 52.5 Å². The minimum Gasteiger partial charge on any atom is -0.493 e. The summed E-state index contributed by atoms with van der Waals surface area (Å²) in [5.41, 5.74) is 6.19. The number of hydrogen-bond donors (Lipinski definition) is 2. The first-order valence-corrected chi connectivity index (χ1v) is 16.0. The molecule has 13 heteroatoms. The van der Waals surface area contributed by atoms with Gasteiger partial charge >= 0.3 is 0 Å². The number of hydrogen-bond acceptors (Lipinski definition) is 10. The Kier molecular flexibility index (Phi) is 10.2. The summed E-state index contributed by atoms with van der Waals surface area (Å²) in [5.74, 6) is 0.128. The number of carbonyl (C=O) groups excluding carboxylic acids is 1. The van der Waals surface area contributed by atoms with Crippen LogP contribution in [0.15, 0.2) is 53.4 Å². The van der Waals surface area contributed by atoms with Crippen molar-refractivity contribution >= 4 is 27.7 Å². The Morgan fingerprint density at radius 3 is 2.20 bits per heavy atom. The molecule has 1 aromatic heterocycles. The van der Waals surface area contributed by atoms with Crippen LogP contribution in [-0.4, -0.2) is 75.1 Å². The van der Waals surface area contributed by atoms with E-state index in [4.69, 9.17) is 19.9 Å². The number of para-hydroxylation sites is 2. The van der Waals surface area contributed by atoms with E-state index in [9.17, 15) is 13.2 Å². The molecule has 238 valence electrons. The van der Waals surface area contributed by atoms with E-state index in [0.717, 1.165) is 18.7 Å². The fourth-order valence-corrected chi connectivity index (χ4v) is 5.64. The Balaban J connectivity index is 1.80. The van der Waals surface area contributed by atoms with Crippen molar-refractivity contribution in [1.29, 1.82) is 0 Å². The van der Waals surface area contributed by atoms with Gasteiger partial charge in [0.2, 0.25) is 17.6 Å². The average Bonchev–Trinajstić information content (AvgIpc) is 2.98. The number of carbonyl (C=O) groups is 1. The summed E-state index contributed by atoms with van der Waals surface area (Å²) in [4.78, 5) is 25.1. The minimum atomic E-state index is -4.13. The number of nitrogens with one attached hydrogen (secondary N) is 1. The third-order valence-corrected chi connectivity index (χ3v) is 8.63. The third kappa shape index (κ3) is 8.08. The van der Waals surface area contributed by atoms with E-state index < -0.39 is 15.9 Å². The number of amides is 1. The monoisotopic (exact) mass is 626 g/mol. The number of ether oxygens (including phenoxy) is 3. The van der Waals surface area contributed by atoms with Crippen molar-refractivity contribution < 1.29 is 27.4 Å². The standard InChI is InChI=1S/C31H42N6O6S/c1-21(2)36-16-18-37(19-17-36)30-33-28(35-44(39,40)23-13-11-22(12-14-23)31(3,4)5)27(29(34-30)42-20-15-26(32)38)43-25-10-8-7-9-24(25)41-6/h7-14,21H,15-20H2,1-6H3,(H2,32,38)(H,33,34,35). The second-order valence-electron chi connectivity index (χ2n) is 11.8. The predicted octanol–water partition coefficient (Wildman–Crippen LogP) is 4.16. The molecule has 3 N–H and O–H groups in total. The van der Waals surface area contributed by atoms with Crippen molar-refractivity contribution in [3.63, 3.8) is 0 Å². The van der Waals surface area contributed by atoms with E-state index in [1.54, 1.807) is 48.5 Å². The Labute approximate surface area is 259 Å². The Morgan fingerprint density at radius 2 is 1.64 bits per heavy atom. The Morgan fingerprint density at radius 1 is 1.00 bits per heavy atom. The number of benzene rings is 2. The molecule has 2 aromatic carbocycles. The lowest BCUT2D eigenvalue weighted by Crippen LogP contribution is -2.49. The van der Waals surface area contributed by atoms with Gasteiger partial charge in [0.25, 0.3) is 15.9 Å². The summed E-state index contributed by atoms with van der Waals surface area (Å²) in [6, 6.07) is 14.0. The van der Waals surface area contributed by atoms with Gasteiger partial charge in [0.1, 0.15) is 0 Å². The maximum Gasteiger partial charge on any atom is 0.265 e. The fraction of sp³-hybridized carbons (Fsp3) is 0.452. The average molecular weight is 627 g/mol. The number of methoxy groups -OCH3 is 1. The van der Waals surface area contributed by atoms with Crippen LogP contribution < -0.4 is 29.6 Å². The predicted molar refractivity (Wildman–Crippen MR) is 169 cm³/mol. The number of nitrogens with zero attached hydrogens (tertiary/aromatic N) is 4. The van der Waals surface area contributed by atoms with Gasteiger partial charge < -0.3 is 24.8 Å². The highest BCUT2D eigenvalue weighted by Gasteiger charge is 2.28. The van der Waals surface area contributed by atoms with Crippen molar-refractivity contribution in [3.8, 4) is 23.1 Å². The molecule has 0 radical (unpaired) electrons. The van der Waals surface area contributed by atoms with Crippen LogP contribution in [0.25, 0.3) is 0 Å². The van der Waals surface area contributed by atoms with Gasteiger partial charge in [-0.2, -0.15) is 9.97 Å². The molecule has 0 spiro atoms. The quantitative estimate of drug-likeness (QED) is 0.300. The molecule has 0 bridgehead atoms. The molecule has 0 unspecified atom stereocenters. The number of aromatic nitrogens is 2. The van der Waals surface area contributed by atoms with Gasteiger partial charge in [-0.3, -0.25) is 14.4 Å². The van der Waals surface area contributed by atoms with Gasteiger partial charge in [0.05, 0.1) is 25.0 Å². The molecule has 12 nitrogen and oxygen atoms in total. The lowest BCUT2D eigenvalue weighted by Gasteiger charge is -2.37. The molecule has 2 heterocycles. The van der Waals surface area contributed by atoms with Gasteiger partial charge in [0.15, 0.2) is 17.3 Å². The summed E-state index contributed by atoms with van der Waals surface area (Å²) in [6.07, 6.45) is -0.0817. The normalized spacial score (nSPS) is 14.4. The maximum atomic E-state index is 13.7. The van der Waals surface area contributed by atoms with Gasteiger partial charge in [0, 0.05) is 32.2 Å². The molecule has 1 aliphatic rings. The summed E-state index contributed by atoms with van der Waals surface area (Å²) in [5, 5.41) is 0. The van der Waals surface area contributed by atoms with Crippen molar-refractivity contribution in [2.75, 3.05) is 49.5 Å². The van der Waals surface area contributed by atoms with Crippen LogP contribution in [0.1, 0.15) is 46.6 Å². The van der Waals surface area contributed by atoms with Crippen LogP contribution in [0.2, 0.25) is 0 Å². The second kappa shape index (κ2) is 13.7. The third-order valence-electron chi connectivity index (χ3n) is 7.28. The van der Waals surface area contributed by atoms with Crippen molar-refractivity contribution in [3.05, 3.63) is 54.1 Å². The summed E-state index contributed by atoms with van der Waals surface area (Å²) in [6.45, 7) is 13.1. The smallest absolute Gasteiger partial charge is 0.265 e. The van der Waals surface area contributed by atoms with E-state index >= 15 is 0 Å². The van der Waals surface area contributed by atoms with Crippen LogP contribution in [0.5, 0.6) is 23.1 Å². The largest absolute Gasteiger partial charge is 0.493 e. The van der Waals surface area contributed by atoms with E-state index in [1.807, 2.05) is 4.90 Å². The molecule has 44 heavy (non-hydrogen) atoms. The molecule has 0 atom stereocenters. The zero-order chi connectivity index (χ0) is 32.1. The van der Waals surface area contributed by atoms with Gasteiger partial charge in [-0.05, 0) is 49.1 Å². The van der Waals surface area contributed by atoms with E-state index in [1.165, 1.54) is 7.11 Å². The molecule has 1 aliphatic heterocycles. The lowest BCUT2D eigenvalue weighted by atomic mass is 9.87. The van der Waals surface area contributed by atoms with E-state index in [2.05, 4.69) is 54.2 Å². The summed E-state index contributed by atoms with van der Waals surface area (Å²) < 4.78 is 47.7. The minimum absolute atomic E-state index is 0.0470. The van der Waals surface area contributed by atoms with Crippen molar-refractivity contribution in [1.82, 2.24) is 14.9 Å². The molecule has 0 saturated carbocycles. The number of rotatable bonds is 12. The van der Waals surface area contributed by atoms with Crippen molar-refractivity contribution in [2.24, 2.45) is 5.73 Å². The van der Waals surface area contributed by atoms with Crippen LogP contribution in [-0.2, 0) is 20.2 Å². The Hall–Kier alpha value is -4.10. The molecule has 1 saturated heterocycles. The van der Waals surface area contributed by atoms with Crippen LogP contribution >= 0.6 is 0 Å². The second-order valence-corrected chi connectivity index (χ2v) is 13.5. The summed E-state index contributed by atoms with van der Waals surface area (Å²) in [7, 11) is -2.64. The zero-order valence-electron chi connectivity index (χ0n) is 26.2. The molecular weight excluding hydrogens is 584 g/mol. The van der Waals surface area contributed by atoms with E-state index in [0.29, 0.717) is 24.9 Å². The first kappa shape index (κ1) is 32.8. The van der Waals surface area contributed by atoms with Crippen LogP contribution in [0.4, 0.5) is 11.8 Å². The fourth-order valence-electron chi connectivity index (χ4n) is 4.64. The number of anilines is 2. The summed E-state index contributed by atoms with van der Waals surface area (Å²) >= 11 is 0. The van der Waals surface area contributed by atoms with Crippen LogP contribution in [0.3, 0.4) is 0 Å². The molecule has 4 rings (SSSR count).